The number of fused-ring (bicyclic) bond motifs is 3. The fourth-order valence-electron chi connectivity index (χ4n) is 4.54. The van der Waals surface area contributed by atoms with Crippen LogP contribution in [0, 0.1) is 0 Å². The zero-order chi connectivity index (χ0) is 22.1. The van der Waals surface area contributed by atoms with E-state index >= 15 is 0 Å². The van der Waals surface area contributed by atoms with Gasteiger partial charge in [0, 0.05) is 48.3 Å². The number of hydrogen-bond acceptors (Lipinski definition) is 7. The van der Waals surface area contributed by atoms with E-state index < -0.39 is 0 Å². The molecule has 5 rings (SSSR count). The lowest BCUT2D eigenvalue weighted by atomic mass is 10.1. The van der Waals surface area contributed by atoms with E-state index in [-0.39, 0.29) is 0 Å². The van der Waals surface area contributed by atoms with Crippen LogP contribution in [0.2, 0.25) is 0 Å². The van der Waals surface area contributed by atoms with Gasteiger partial charge in [-0.3, -0.25) is 4.98 Å². The summed E-state index contributed by atoms with van der Waals surface area (Å²) in [4.78, 5) is 20.8. The lowest BCUT2D eigenvalue weighted by Gasteiger charge is -2.33. The van der Waals surface area contributed by atoms with Gasteiger partial charge in [-0.15, -0.1) is 0 Å². The molecule has 1 saturated heterocycles. The molecule has 5 heterocycles. The van der Waals surface area contributed by atoms with Crippen LogP contribution in [0.25, 0.3) is 21.9 Å². The molecule has 166 valence electrons. The van der Waals surface area contributed by atoms with Crippen molar-refractivity contribution in [2.45, 2.75) is 45.2 Å². The number of piperidine rings is 1. The second-order valence-corrected chi connectivity index (χ2v) is 8.53. The summed E-state index contributed by atoms with van der Waals surface area (Å²) in [6, 6.07) is 7.09. The molecular weight excluding hydrogens is 400 g/mol. The molecule has 0 saturated carbocycles. The van der Waals surface area contributed by atoms with Gasteiger partial charge in [-0.1, -0.05) is 6.92 Å². The van der Waals surface area contributed by atoms with Gasteiger partial charge in [0.25, 0.3) is 0 Å². The highest BCUT2D eigenvalue weighted by Crippen LogP contribution is 2.31. The summed E-state index contributed by atoms with van der Waals surface area (Å²) in [7, 11) is 2.04. The molecule has 0 aromatic carbocycles. The highest BCUT2D eigenvalue weighted by molar-refractivity contribution is 6.06. The van der Waals surface area contributed by atoms with Crippen LogP contribution in [-0.2, 0) is 0 Å². The second kappa shape index (κ2) is 8.70. The van der Waals surface area contributed by atoms with Crippen LogP contribution in [0.15, 0.2) is 43.0 Å². The molecule has 4 aromatic rings. The molecule has 8 nitrogen and oxygen atoms in total. The molecule has 1 atom stereocenters. The van der Waals surface area contributed by atoms with Crippen molar-refractivity contribution in [3.05, 3.63) is 43.0 Å². The van der Waals surface area contributed by atoms with Gasteiger partial charge >= 0.3 is 0 Å². The largest absolute Gasteiger partial charge is 0.370 e. The zero-order valence-corrected chi connectivity index (χ0v) is 18.9. The number of aromatic nitrogens is 5. The number of hydrogen-bond donors (Lipinski definition) is 2. The molecule has 1 aliphatic rings. The molecule has 8 heteroatoms. The second-order valence-electron chi connectivity index (χ2n) is 8.53. The molecule has 1 aliphatic heterocycles. The summed E-state index contributed by atoms with van der Waals surface area (Å²) in [6.45, 7) is 6.50. The molecule has 0 spiro atoms. The van der Waals surface area contributed by atoms with Crippen molar-refractivity contribution in [3.8, 4) is 0 Å². The standard InChI is InChI=1S/C24H30N8/c1-4-16(2)32-21-15-26-10-7-19(21)20-14-28-24(30-23(20)32)29-22-6-5-18(13-27-22)31-11-8-17(25-3)9-12-31/h5-7,10,13-17,25H,4,8-9,11-12H2,1-3H3,(H,27,28,29,30)/t16-/m1/s1. The maximum atomic E-state index is 4.86. The summed E-state index contributed by atoms with van der Waals surface area (Å²) >= 11 is 0. The molecule has 0 aliphatic carbocycles. The van der Waals surface area contributed by atoms with E-state index in [1.807, 2.05) is 44.0 Å². The summed E-state index contributed by atoms with van der Waals surface area (Å²) in [5.41, 5.74) is 3.17. The van der Waals surface area contributed by atoms with Crippen molar-refractivity contribution < 1.29 is 0 Å². The van der Waals surface area contributed by atoms with Crippen LogP contribution in [0.5, 0.6) is 0 Å². The Hall–Kier alpha value is -3.26. The van der Waals surface area contributed by atoms with Crippen molar-refractivity contribution >= 4 is 39.4 Å². The molecule has 0 amide bonds. The van der Waals surface area contributed by atoms with E-state index in [2.05, 4.69) is 55.0 Å². The maximum absolute atomic E-state index is 4.86. The van der Waals surface area contributed by atoms with E-state index in [1.54, 1.807) is 0 Å². The first kappa shape index (κ1) is 20.6. The topological polar surface area (TPSA) is 83.8 Å². The molecule has 0 radical (unpaired) electrons. The van der Waals surface area contributed by atoms with Crippen molar-refractivity contribution in [1.29, 1.82) is 0 Å². The molecule has 0 unspecified atom stereocenters. The Bertz CT molecular complexity index is 1210. The highest BCUT2D eigenvalue weighted by atomic mass is 15.2. The monoisotopic (exact) mass is 430 g/mol. The first-order chi connectivity index (χ1) is 15.7. The fraction of sp³-hybridized carbons (Fsp3) is 0.417. The Labute approximate surface area is 188 Å². The Kier molecular flexibility index (Phi) is 5.61. The third kappa shape index (κ3) is 3.75. The van der Waals surface area contributed by atoms with Gasteiger partial charge in [0.2, 0.25) is 5.95 Å². The third-order valence-corrected chi connectivity index (χ3v) is 6.63. The Balaban J connectivity index is 1.40. The Morgan fingerprint density at radius 2 is 1.91 bits per heavy atom. The van der Waals surface area contributed by atoms with Crippen LogP contribution in [0.1, 0.15) is 39.2 Å². The van der Waals surface area contributed by atoms with Gasteiger partial charge in [-0.05, 0) is 51.4 Å². The molecule has 32 heavy (non-hydrogen) atoms. The summed E-state index contributed by atoms with van der Waals surface area (Å²) < 4.78 is 2.26. The lowest BCUT2D eigenvalue weighted by Crippen LogP contribution is -2.41. The molecular formula is C24H30N8. The van der Waals surface area contributed by atoms with Gasteiger partial charge in [0.15, 0.2) is 0 Å². The molecule has 1 fully saturated rings. The summed E-state index contributed by atoms with van der Waals surface area (Å²) in [5, 5.41) is 8.83. The SMILES string of the molecule is CC[C@@H](C)n1c2cnccc2c2cnc(Nc3ccc(N4CCC(NC)CC4)cn3)nc21. The number of nitrogens with zero attached hydrogens (tertiary/aromatic N) is 6. The van der Waals surface area contributed by atoms with E-state index in [0.717, 1.165) is 65.8 Å². The molecule has 0 bridgehead atoms. The van der Waals surface area contributed by atoms with Gasteiger partial charge in [-0.25, -0.2) is 9.97 Å². The molecule has 4 aromatic heterocycles. The highest BCUT2D eigenvalue weighted by Gasteiger charge is 2.19. The quantitative estimate of drug-likeness (QED) is 0.472. The Morgan fingerprint density at radius 1 is 1.06 bits per heavy atom. The maximum Gasteiger partial charge on any atom is 0.230 e. The summed E-state index contributed by atoms with van der Waals surface area (Å²) in [6.07, 6.45) is 10.9. The van der Waals surface area contributed by atoms with Crippen LogP contribution >= 0.6 is 0 Å². The first-order valence-corrected chi connectivity index (χ1v) is 11.4. The van der Waals surface area contributed by atoms with Crippen molar-refractivity contribution in [3.63, 3.8) is 0 Å². The lowest BCUT2D eigenvalue weighted by molar-refractivity contribution is 0.442. The van der Waals surface area contributed by atoms with E-state index in [1.165, 1.54) is 0 Å². The van der Waals surface area contributed by atoms with Crippen molar-refractivity contribution in [1.82, 2.24) is 29.8 Å². The number of rotatable bonds is 6. The summed E-state index contributed by atoms with van der Waals surface area (Å²) in [5.74, 6) is 1.29. The average Bonchev–Trinajstić information content (AvgIpc) is 3.18. The van der Waals surface area contributed by atoms with E-state index in [0.29, 0.717) is 18.0 Å². The zero-order valence-electron chi connectivity index (χ0n) is 18.9. The van der Waals surface area contributed by atoms with Crippen molar-refractivity contribution in [2.75, 3.05) is 30.4 Å². The van der Waals surface area contributed by atoms with Crippen LogP contribution < -0.4 is 15.5 Å². The minimum absolute atomic E-state index is 0.311. The van der Waals surface area contributed by atoms with Gasteiger partial charge in [0.1, 0.15) is 11.5 Å². The minimum atomic E-state index is 0.311. The van der Waals surface area contributed by atoms with E-state index in [4.69, 9.17) is 4.98 Å². The normalized spacial score (nSPS) is 16.0. The van der Waals surface area contributed by atoms with Crippen LogP contribution in [-0.4, -0.2) is 50.7 Å². The number of pyridine rings is 2. The van der Waals surface area contributed by atoms with Crippen LogP contribution in [0.4, 0.5) is 17.5 Å². The number of anilines is 3. The third-order valence-electron chi connectivity index (χ3n) is 6.63. The predicted octanol–water partition coefficient (Wildman–Crippen LogP) is 4.28. The van der Waals surface area contributed by atoms with Gasteiger partial charge in [-0.2, -0.15) is 4.98 Å². The van der Waals surface area contributed by atoms with Crippen LogP contribution in [0.3, 0.4) is 0 Å². The van der Waals surface area contributed by atoms with Crippen molar-refractivity contribution in [2.24, 2.45) is 0 Å². The predicted molar refractivity (Wildman–Crippen MR) is 130 cm³/mol. The van der Waals surface area contributed by atoms with Gasteiger partial charge in [0.05, 0.1) is 23.6 Å². The van der Waals surface area contributed by atoms with E-state index in [9.17, 15) is 0 Å². The Morgan fingerprint density at radius 3 is 2.62 bits per heavy atom. The van der Waals surface area contributed by atoms with Gasteiger partial charge < -0.3 is 20.1 Å². The minimum Gasteiger partial charge on any atom is -0.370 e. The average molecular weight is 431 g/mol. The number of nitrogens with one attached hydrogen (secondary N) is 2. The first-order valence-electron chi connectivity index (χ1n) is 11.4. The molecule has 2 N–H and O–H groups in total. The smallest absolute Gasteiger partial charge is 0.230 e. The fourth-order valence-corrected chi connectivity index (χ4v) is 4.54.